The van der Waals surface area contributed by atoms with Gasteiger partial charge in [-0.2, -0.15) is 0 Å². The first-order valence-electron chi connectivity index (χ1n) is 5.98. The summed E-state index contributed by atoms with van der Waals surface area (Å²) >= 11 is 0. The Morgan fingerprint density at radius 3 is 2.71 bits per heavy atom. The minimum Gasteiger partial charge on any atom is -0.357 e. The molecule has 0 spiro atoms. The molecule has 92 valence electrons. The molecule has 17 heavy (non-hydrogen) atoms. The molecule has 0 aliphatic rings. The summed E-state index contributed by atoms with van der Waals surface area (Å²) in [6.45, 7) is 9.32. The van der Waals surface area contributed by atoms with Gasteiger partial charge in [0.25, 0.3) is 0 Å². The van der Waals surface area contributed by atoms with E-state index in [9.17, 15) is 0 Å². The molecular weight excluding hydrogens is 210 g/mol. The van der Waals surface area contributed by atoms with Crippen LogP contribution in [0.4, 0.5) is 0 Å². The molecule has 1 aromatic rings. The third-order valence-electron chi connectivity index (χ3n) is 2.38. The number of nitrogens with one attached hydrogen (secondary N) is 2. The highest BCUT2D eigenvalue weighted by Gasteiger charge is 2.06. The molecule has 0 aliphatic heterocycles. The highest BCUT2D eigenvalue weighted by atomic mass is 15.2. The van der Waals surface area contributed by atoms with E-state index in [0.29, 0.717) is 6.54 Å². The van der Waals surface area contributed by atoms with Crippen LogP contribution in [0.3, 0.4) is 0 Å². The van der Waals surface area contributed by atoms with Crippen LogP contribution in [-0.4, -0.2) is 19.0 Å². The van der Waals surface area contributed by atoms with Gasteiger partial charge < -0.3 is 10.6 Å². The average Bonchev–Trinajstić information content (AvgIpc) is 2.37. The second kappa shape index (κ2) is 7.49. The van der Waals surface area contributed by atoms with Crippen molar-refractivity contribution in [2.75, 3.05) is 13.1 Å². The Kier molecular flexibility index (Phi) is 5.86. The molecule has 2 N–H and O–H groups in total. The van der Waals surface area contributed by atoms with Crippen molar-refractivity contribution >= 4 is 5.96 Å². The summed E-state index contributed by atoms with van der Waals surface area (Å²) in [5, 5.41) is 6.57. The first-order chi connectivity index (χ1) is 8.27. The van der Waals surface area contributed by atoms with Crippen molar-refractivity contribution in [3.05, 3.63) is 48.6 Å². The number of guanidine groups is 1. The molecular formula is C14H21N3. The SMILES string of the molecule is C=CCN=C(NCC)NC(C)c1ccccc1. The van der Waals surface area contributed by atoms with Crippen LogP contribution in [0.5, 0.6) is 0 Å². The molecule has 0 bridgehead atoms. The van der Waals surface area contributed by atoms with Gasteiger partial charge in [0.05, 0.1) is 12.6 Å². The van der Waals surface area contributed by atoms with Gasteiger partial charge in [0.2, 0.25) is 0 Å². The first kappa shape index (κ1) is 13.3. The van der Waals surface area contributed by atoms with E-state index in [2.05, 4.69) is 48.2 Å². The fraction of sp³-hybridized carbons (Fsp3) is 0.357. The fourth-order valence-electron chi connectivity index (χ4n) is 1.51. The van der Waals surface area contributed by atoms with E-state index in [0.717, 1.165) is 12.5 Å². The standard InChI is InChI=1S/C14H21N3/c1-4-11-16-14(15-5-2)17-12(3)13-9-7-6-8-10-13/h4,6-10,12H,1,5,11H2,2-3H3,(H2,15,16,17). The predicted octanol–water partition coefficient (Wildman–Crippen LogP) is 2.49. The highest BCUT2D eigenvalue weighted by molar-refractivity contribution is 5.80. The second-order valence-corrected chi connectivity index (χ2v) is 3.79. The second-order valence-electron chi connectivity index (χ2n) is 3.79. The van der Waals surface area contributed by atoms with Crippen LogP contribution < -0.4 is 10.6 Å². The van der Waals surface area contributed by atoms with Gasteiger partial charge in [-0.1, -0.05) is 36.4 Å². The number of hydrogen-bond acceptors (Lipinski definition) is 1. The summed E-state index contributed by atoms with van der Waals surface area (Å²) in [7, 11) is 0. The quantitative estimate of drug-likeness (QED) is 0.464. The minimum atomic E-state index is 0.235. The monoisotopic (exact) mass is 231 g/mol. The number of rotatable bonds is 5. The van der Waals surface area contributed by atoms with Crippen LogP contribution in [0.15, 0.2) is 48.0 Å². The third-order valence-corrected chi connectivity index (χ3v) is 2.38. The maximum atomic E-state index is 4.37. The van der Waals surface area contributed by atoms with Crippen molar-refractivity contribution in [1.82, 2.24) is 10.6 Å². The van der Waals surface area contributed by atoms with Crippen molar-refractivity contribution in [3.8, 4) is 0 Å². The molecule has 0 aromatic heterocycles. The molecule has 0 radical (unpaired) electrons. The lowest BCUT2D eigenvalue weighted by Gasteiger charge is -2.17. The van der Waals surface area contributed by atoms with E-state index in [-0.39, 0.29) is 6.04 Å². The summed E-state index contributed by atoms with van der Waals surface area (Å²) < 4.78 is 0. The van der Waals surface area contributed by atoms with Crippen LogP contribution >= 0.6 is 0 Å². The molecule has 1 atom stereocenters. The first-order valence-corrected chi connectivity index (χ1v) is 5.98. The Labute approximate surface area is 104 Å². The summed E-state index contributed by atoms with van der Waals surface area (Å²) in [6, 6.07) is 10.6. The third kappa shape index (κ3) is 4.72. The lowest BCUT2D eigenvalue weighted by atomic mass is 10.1. The molecule has 0 fully saturated rings. The van der Waals surface area contributed by atoms with Gasteiger partial charge in [-0.05, 0) is 19.4 Å². The van der Waals surface area contributed by atoms with Crippen LogP contribution in [0.2, 0.25) is 0 Å². The molecule has 3 nitrogen and oxygen atoms in total. The summed E-state index contributed by atoms with van der Waals surface area (Å²) in [4.78, 5) is 4.37. The Bertz CT molecular complexity index is 357. The van der Waals surface area contributed by atoms with Crippen molar-refractivity contribution < 1.29 is 0 Å². The molecule has 0 saturated carbocycles. The van der Waals surface area contributed by atoms with E-state index in [1.165, 1.54) is 5.56 Å². The lowest BCUT2D eigenvalue weighted by Crippen LogP contribution is -2.38. The van der Waals surface area contributed by atoms with E-state index in [1.54, 1.807) is 6.08 Å². The molecule has 1 unspecified atom stereocenters. The van der Waals surface area contributed by atoms with Gasteiger partial charge >= 0.3 is 0 Å². The van der Waals surface area contributed by atoms with Gasteiger partial charge in [0.1, 0.15) is 0 Å². The van der Waals surface area contributed by atoms with Gasteiger partial charge in [-0.25, -0.2) is 4.99 Å². The Balaban J connectivity index is 2.63. The predicted molar refractivity (Wildman–Crippen MR) is 74.2 cm³/mol. The zero-order valence-corrected chi connectivity index (χ0v) is 10.6. The van der Waals surface area contributed by atoms with Gasteiger partial charge in [0.15, 0.2) is 5.96 Å². The normalized spacial score (nSPS) is 12.9. The van der Waals surface area contributed by atoms with Crippen LogP contribution in [0.1, 0.15) is 25.5 Å². The topological polar surface area (TPSA) is 36.4 Å². The summed E-state index contributed by atoms with van der Waals surface area (Å²) in [5.41, 5.74) is 1.25. The molecule has 3 heteroatoms. The number of aliphatic imine (C=N–C) groups is 1. The average molecular weight is 231 g/mol. The van der Waals surface area contributed by atoms with Crippen LogP contribution in [0, 0.1) is 0 Å². The van der Waals surface area contributed by atoms with E-state index in [1.807, 2.05) is 18.2 Å². The largest absolute Gasteiger partial charge is 0.357 e. The molecule has 0 aliphatic carbocycles. The van der Waals surface area contributed by atoms with Crippen LogP contribution in [-0.2, 0) is 0 Å². The summed E-state index contributed by atoms with van der Waals surface area (Å²) in [6.07, 6.45) is 1.78. The summed E-state index contributed by atoms with van der Waals surface area (Å²) in [5.74, 6) is 0.823. The minimum absolute atomic E-state index is 0.235. The number of benzene rings is 1. The van der Waals surface area contributed by atoms with Crippen molar-refractivity contribution in [2.45, 2.75) is 19.9 Å². The zero-order valence-electron chi connectivity index (χ0n) is 10.6. The van der Waals surface area contributed by atoms with Crippen molar-refractivity contribution in [3.63, 3.8) is 0 Å². The van der Waals surface area contributed by atoms with Gasteiger partial charge in [-0.15, -0.1) is 6.58 Å². The number of nitrogens with zero attached hydrogens (tertiary/aromatic N) is 1. The van der Waals surface area contributed by atoms with E-state index < -0.39 is 0 Å². The Hall–Kier alpha value is -1.77. The lowest BCUT2D eigenvalue weighted by molar-refractivity contribution is 0.689. The van der Waals surface area contributed by atoms with Crippen molar-refractivity contribution in [2.24, 2.45) is 4.99 Å². The number of hydrogen-bond donors (Lipinski definition) is 2. The maximum Gasteiger partial charge on any atom is 0.192 e. The van der Waals surface area contributed by atoms with Gasteiger partial charge in [-0.3, -0.25) is 0 Å². The van der Waals surface area contributed by atoms with Crippen molar-refractivity contribution in [1.29, 1.82) is 0 Å². The zero-order chi connectivity index (χ0) is 12.5. The molecule has 0 heterocycles. The molecule has 1 aromatic carbocycles. The van der Waals surface area contributed by atoms with E-state index in [4.69, 9.17) is 0 Å². The fourth-order valence-corrected chi connectivity index (χ4v) is 1.51. The molecule has 0 saturated heterocycles. The van der Waals surface area contributed by atoms with Crippen LogP contribution in [0.25, 0.3) is 0 Å². The maximum absolute atomic E-state index is 4.37. The highest BCUT2D eigenvalue weighted by Crippen LogP contribution is 2.10. The van der Waals surface area contributed by atoms with Gasteiger partial charge in [0, 0.05) is 6.54 Å². The van der Waals surface area contributed by atoms with E-state index >= 15 is 0 Å². The molecule has 1 rings (SSSR count). The Morgan fingerprint density at radius 1 is 1.41 bits per heavy atom. The Morgan fingerprint density at radius 2 is 2.12 bits per heavy atom. The smallest absolute Gasteiger partial charge is 0.192 e. The molecule has 0 amide bonds.